The lowest BCUT2D eigenvalue weighted by Crippen LogP contribution is -2.36. The van der Waals surface area contributed by atoms with E-state index < -0.39 is 6.04 Å². The van der Waals surface area contributed by atoms with Crippen LogP contribution >= 0.6 is 0 Å². The highest BCUT2D eigenvalue weighted by Crippen LogP contribution is 2.15. The number of hydrogen-bond donors (Lipinski definition) is 1. The molecule has 0 radical (unpaired) electrons. The summed E-state index contributed by atoms with van der Waals surface area (Å²) in [7, 11) is 0. The number of benzene rings is 1. The third-order valence-corrected chi connectivity index (χ3v) is 3.32. The summed E-state index contributed by atoms with van der Waals surface area (Å²) in [5, 5.41) is 2.83. The quantitative estimate of drug-likeness (QED) is 0.938. The van der Waals surface area contributed by atoms with Crippen molar-refractivity contribution in [3.05, 3.63) is 58.3 Å². The molecule has 1 heterocycles. The van der Waals surface area contributed by atoms with Crippen LogP contribution in [0.2, 0.25) is 0 Å². The molecule has 0 bridgehead atoms. The second-order valence-electron chi connectivity index (χ2n) is 4.97. The summed E-state index contributed by atoms with van der Waals surface area (Å²) >= 11 is 0. The number of aromatic nitrogens is 2. The van der Waals surface area contributed by atoms with Crippen molar-refractivity contribution in [2.75, 3.05) is 5.32 Å². The highest BCUT2D eigenvalue weighted by molar-refractivity contribution is 5.93. The van der Waals surface area contributed by atoms with Gasteiger partial charge in [0.2, 0.25) is 5.91 Å². The van der Waals surface area contributed by atoms with E-state index in [1.807, 2.05) is 44.2 Å². The van der Waals surface area contributed by atoms with Gasteiger partial charge in [0.05, 0.1) is 0 Å². The molecule has 0 saturated heterocycles. The van der Waals surface area contributed by atoms with Crippen molar-refractivity contribution < 1.29 is 4.79 Å². The van der Waals surface area contributed by atoms with E-state index in [9.17, 15) is 9.59 Å². The Morgan fingerprint density at radius 1 is 1.29 bits per heavy atom. The molecule has 0 fully saturated rings. The van der Waals surface area contributed by atoms with Gasteiger partial charge in [-0.25, -0.2) is 4.79 Å². The molecule has 21 heavy (non-hydrogen) atoms. The van der Waals surface area contributed by atoms with Crippen molar-refractivity contribution >= 4 is 11.6 Å². The fraction of sp³-hybridized carbons (Fsp3) is 0.312. The first-order chi connectivity index (χ1) is 10.0. The first kappa shape index (κ1) is 15.0. The lowest BCUT2D eigenvalue weighted by atomic mass is 10.1. The lowest BCUT2D eigenvalue weighted by Gasteiger charge is -2.20. The predicted octanol–water partition coefficient (Wildman–Crippen LogP) is 2.45. The topological polar surface area (TPSA) is 64.0 Å². The zero-order valence-corrected chi connectivity index (χ0v) is 12.5. The van der Waals surface area contributed by atoms with Crippen LogP contribution in [0.4, 0.5) is 5.69 Å². The number of hydrogen-bond acceptors (Lipinski definition) is 3. The van der Waals surface area contributed by atoms with Gasteiger partial charge in [0.15, 0.2) is 0 Å². The zero-order chi connectivity index (χ0) is 15.4. The largest absolute Gasteiger partial charge is 0.348 e. The van der Waals surface area contributed by atoms with Gasteiger partial charge < -0.3 is 5.32 Å². The van der Waals surface area contributed by atoms with Gasteiger partial charge in [-0.15, -0.1) is 0 Å². The van der Waals surface area contributed by atoms with Gasteiger partial charge in [-0.1, -0.05) is 25.1 Å². The molecule has 110 valence electrons. The summed E-state index contributed by atoms with van der Waals surface area (Å²) in [6.07, 6.45) is 0.518. The number of rotatable bonds is 4. The Labute approximate surface area is 123 Å². The van der Waals surface area contributed by atoms with Crippen LogP contribution in [0.25, 0.3) is 0 Å². The first-order valence-corrected chi connectivity index (χ1v) is 6.95. The number of carbonyl (C=O) groups excluding carboxylic acids is 1. The first-order valence-electron chi connectivity index (χ1n) is 6.95. The van der Waals surface area contributed by atoms with Crippen molar-refractivity contribution in [3.8, 4) is 0 Å². The van der Waals surface area contributed by atoms with Crippen molar-refractivity contribution in [2.24, 2.45) is 0 Å². The Morgan fingerprint density at radius 2 is 1.95 bits per heavy atom. The second-order valence-corrected chi connectivity index (χ2v) is 4.97. The molecule has 5 nitrogen and oxygen atoms in total. The number of nitrogens with zero attached hydrogens (tertiary/aromatic N) is 2. The molecule has 1 amide bonds. The highest BCUT2D eigenvalue weighted by Gasteiger charge is 2.21. The van der Waals surface area contributed by atoms with Gasteiger partial charge in [0.25, 0.3) is 0 Å². The lowest BCUT2D eigenvalue weighted by molar-refractivity contribution is -0.119. The molecule has 0 aliphatic heterocycles. The Morgan fingerprint density at radius 3 is 2.52 bits per heavy atom. The van der Waals surface area contributed by atoms with Gasteiger partial charge in [-0.3, -0.25) is 9.36 Å². The molecule has 2 aromatic rings. The predicted molar refractivity (Wildman–Crippen MR) is 82.4 cm³/mol. The summed E-state index contributed by atoms with van der Waals surface area (Å²) in [5.41, 5.74) is 1.73. The van der Waals surface area contributed by atoms with Crippen LogP contribution in [0, 0.1) is 13.8 Å². The van der Waals surface area contributed by atoms with E-state index >= 15 is 0 Å². The third kappa shape index (κ3) is 3.37. The zero-order valence-electron chi connectivity index (χ0n) is 12.5. The van der Waals surface area contributed by atoms with Gasteiger partial charge in [-0.2, -0.15) is 4.98 Å². The van der Waals surface area contributed by atoms with Crippen molar-refractivity contribution in [1.82, 2.24) is 9.55 Å². The molecule has 0 spiro atoms. The Kier molecular flexibility index (Phi) is 4.52. The molecule has 1 atom stereocenters. The molecule has 1 aromatic carbocycles. The number of nitrogens with one attached hydrogen (secondary N) is 1. The van der Waals surface area contributed by atoms with Crippen LogP contribution in [0.5, 0.6) is 0 Å². The smallest absolute Gasteiger partial charge is 0.324 e. The highest BCUT2D eigenvalue weighted by atomic mass is 16.2. The van der Waals surface area contributed by atoms with Crippen LogP contribution in [-0.4, -0.2) is 15.5 Å². The van der Waals surface area contributed by atoms with Gasteiger partial charge in [0.1, 0.15) is 6.04 Å². The molecular formula is C16H19N3O2. The molecule has 1 aromatic heterocycles. The maximum Gasteiger partial charge on any atom is 0.348 e. The summed E-state index contributed by atoms with van der Waals surface area (Å²) in [6, 6.07) is 10.4. The van der Waals surface area contributed by atoms with Gasteiger partial charge in [0, 0.05) is 17.1 Å². The fourth-order valence-corrected chi connectivity index (χ4v) is 2.37. The van der Waals surface area contributed by atoms with E-state index in [0.717, 1.165) is 5.69 Å². The van der Waals surface area contributed by atoms with E-state index in [2.05, 4.69) is 10.3 Å². The van der Waals surface area contributed by atoms with Crippen molar-refractivity contribution in [3.63, 3.8) is 0 Å². The van der Waals surface area contributed by atoms with Gasteiger partial charge >= 0.3 is 5.69 Å². The summed E-state index contributed by atoms with van der Waals surface area (Å²) in [6.45, 7) is 5.46. The van der Waals surface area contributed by atoms with Crippen molar-refractivity contribution in [1.29, 1.82) is 0 Å². The van der Waals surface area contributed by atoms with Crippen LogP contribution < -0.4 is 11.0 Å². The average Bonchev–Trinajstić information content (AvgIpc) is 2.43. The Bertz CT molecular complexity index is 692. The van der Waals surface area contributed by atoms with Crippen molar-refractivity contribution in [2.45, 2.75) is 33.2 Å². The molecular weight excluding hydrogens is 266 g/mol. The van der Waals surface area contributed by atoms with E-state index in [1.165, 1.54) is 4.57 Å². The second kappa shape index (κ2) is 6.35. The third-order valence-electron chi connectivity index (χ3n) is 3.32. The monoisotopic (exact) mass is 285 g/mol. The van der Waals surface area contributed by atoms with E-state index in [4.69, 9.17) is 0 Å². The minimum atomic E-state index is -0.564. The summed E-state index contributed by atoms with van der Waals surface area (Å²) in [4.78, 5) is 28.4. The number of anilines is 1. The van der Waals surface area contributed by atoms with E-state index in [-0.39, 0.29) is 11.6 Å². The van der Waals surface area contributed by atoms with Crippen LogP contribution in [0.15, 0.2) is 41.2 Å². The van der Waals surface area contributed by atoms with E-state index in [0.29, 0.717) is 17.8 Å². The normalized spacial score (nSPS) is 12.0. The van der Waals surface area contributed by atoms with Crippen LogP contribution in [0.3, 0.4) is 0 Å². The van der Waals surface area contributed by atoms with Crippen LogP contribution in [-0.2, 0) is 4.79 Å². The van der Waals surface area contributed by atoms with Crippen LogP contribution in [0.1, 0.15) is 30.8 Å². The molecule has 0 aliphatic rings. The summed E-state index contributed by atoms with van der Waals surface area (Å²) < 4.78 is 1.45. The average molecular weight is 285 g/mol. The molecule has 2 rings (SSSR count). The minimum Gasteiger partial charge on any atom is -0.324 e. The number of carbonyl (C=O) groups is 1. The number of para-hydroxylation sites is 1. The SMILES string of the molecule is CC[C@H](C(=O)Nc1ccccc1)n1c(C)cc(C)nc1=O. The Hall–Kier alpha value is -2.43. The maximum atomic E-state index is 12.4. The number of amides is 1. The molecule has 0 unspecified atom stereocenters. The van der Waals surface area contributed by atoms with E-state index in [1.54, 1.807) is 13.0 Å². The minimum absolute atomic E-state index is 0.209. The Balaban J connectivity index is 2.32. The van der Waals surface area contributed by atoms with Gasteiger partial charge in [-0.05, 0) is 38.5 Å². The maximum absolute atomic E-state index is 12.4. The summed E-state index contributed by atoms with van der Waals surface area (Å²) in [5.74, 6) is -0.209. The molecule has 1 N–H and O–H groups in total. The molecule has 0 aliphatic carbocycles. The fourth-order valence-electron chi connectivity index (χ4n) is 2.37. The molecule has 0 saturated carbocycles. The standard InChI is InChI=1S/C16H19N3O2/c1-4-14(15(20)18-13-8-6-5-7-9-13)19-12(3)10-11(2)17-16(19)21/h5-10,14H,4H2,1-3H3,(H,18,20)/t14-/m1/s1. The molecule has 5 heteroatoms. The number of aryl methyl sites for hydroxylation is 2.